The van der Waals surface area contributed by atoms with E-state index in [4.69, 9.17) is 0 Å². The van der Waals surface area contributed by atoms with Crippen LogP contribution in [0.25, 0.3) is 0 Å². The number of benzene rings is 2. The molecular weight excluding hydrogens is 196 g/mol. The van der Waals surface area contributed by atoms with E-state index in [1.54, 1.807) is 0 Å². The quantitative estimate of drug-likeness (QED) is 0.709. The lowest BCUT2D eigenvalue weighted by atomic mass is 10.0. The molecular formula is C15H14O. The van der Waals surface area contributed by atoms with Gasteiger partial charge < -0.3 is 0 Å². The molecule has 0 radical (unpaired) electrons. The summed E-state index contributed by atoms with van der Waals surface area (Å²) in [6.45, 7) is 2.11. The van der Waals surface area contributed by atoms with Crippen LogP contribution in [-0.4, -0.2) is 5.78 Å². The third-order valence-corrected chi connectivity index (χ3v) is 2.66. The van der Waals surface area contributed by atoms with Crippen molar-refractivity contribution in [1.82, 2.24) is 0 Å². The van der Waals surface area contributed by atoms with Crippen LogP contribution < -0.4 is 0 Å². The van der Waals surface area contributed by atoms with Crippen LogP contribution in [0.2, 0.25) is 0 Å². The number of hydrogen-bond donors (Lipinski definition) is 0. The Labute approximate surface area is 95.7 Å². The van der Waals surface area contributed by atoms with E-state index >= 15 is 0 Å². The van der Waals surface area contributed by atoms with Gasteiger partial charge in [-0.2, -0.15) is 0 Å². The zero-order chi connectivity index (χ0) is 11.4. The lowest BCUT2D eigenvalue weighted by Gasteiger charge is -2.02. The highest BCUT2D eigenvalue weighted by Crippen LogP contribution is 2.11. The second kappa shape index (κ2) is 4.75. The van der Waals surface area contributed by atoms with Crippen molar-refractivity contribution >= 4 is 5.78 Å². The van der Waals surface area contributed by atoms with Crippen LogP contribution in [0.1, 0.15) is 28.4 Å². The van der Waals surface area contributed by atoms with Gasteiger partial charge in [0.05, 0.1) is 0 Å². The van der Waals surface area contributed by atoms with Gasteiger partial charge in [0.2, 0.25) is 0 Å². The van der Waals surface area contributed by atoms with Crippen molar-refractivity contribution in [3.63, 3.8) is 0 Å². The zero-order valence-corrected chi connectivity index (χ0v) is 9.31. The zero-order valence-electron chi connectivity index (χ0n) is 9.31. The van der Waals surface area contributed by atoms with Gasteiger partial charge in [-0.3, -0.25) is 4.79 Å². The van der Waals surface area contributed by atoms with Crippen molar-refractivity contribution in [1.29, 1.82) is 0 Å². The molecule has 0 saturated carbocycles. The van der Waals surface area contributed by atoms with Crippen LogP contribution in [0.3, 0.4) is 0 Å². The molecule has 1 nitrogen and oxygen atoms in total. The van der Waals surface area contributed by atoms with E-state index in [2.05, 4.69) is 6.92 Å². The topological polar surface area (TPSA) is 17.1 Å². The fourth-order valence-corrected chi connectivity index (χ4v) is 1.65. The van der Waals surface area contributed by atoms with Crippen LogP contribution in [-0.2, 0) is 6.42 Å². The summed E-state index contributed by atoms with van der Waals surface area (Å²) in [5.41, 5.74) is 2.75. The third kappa shape index (κ3) is 2.19. The van der Waals surface area contributed by atoms with E-state index in [-0.39, 0.29) is 5.78 Å². The van der Waals surface area contributed by atoms with Gasteiger partial charge >= 0.3 is 0 Å². The highest BCUT2D eigenvalue weighted by atomic mass is 16.1. The number of hydrogen-bond acceptors (Lipinski definition) is 1. The predicted molar refractivity (Wildman–Crippen MR) is 65.7 cm³/mol. The molecule has 0 aliphatic carbocycles. The van der Waals surface area contributed by atoms with Gasteiger partial charge in [-0.25, -0.2) is 0 Å². The number of aryl methyl sites for hydroxylation is 1. The molecule has 16 heavy (non-hydrogen) atoms. The first-order valence-corrected chi connectivity index (χ1v) is 5.50. The van der Waals surface area contributed by atoms with Crippen molar-refractivity contribution in [2.24, 2.45) is 0 Å². The summed E-state index contributed by atoms with van der Waals surface area (Å²) in [6.07, 6.45) is 1.000. The van der Waals surface area contributed by atoms with Gasteiger partial charge in [-0.1, -0.05) is 61.5 Å². The molecule has 80 valence electrons. The van der Waals surface area contributed by atoms with Crippen LogP contribution >= 0.6 is 0 Å². The van der Waals surface area contributed by atoms with Gasteiger partial charge in [-0.05, 0) is 12.0 Å². The van der Waals surface area contributed by atoms with Crippen LogP contribution in [0.4, 0.5) is 0 Å². The molecule has 0 N–H and O–H groups in total. The normalized spacial score (nSPS) is 10.1. The Kier molecular flexibility index (Phi) is 3.16. The largest absolute Gasteiger partial charge is 0.289 e. The molecule has 0 unspecified atom stereocenters. The lowest BCUT2D eigenvalue weighted by molar-refractivity contribution is 0.103. The summed E-state index contributed by atoms with van der Waals surface area (Å²) in [7, 11) is 0. The minimum Gasteiger partial charge on any atom is -0.289 e. The van der Waals surface area contributed by atoms with Crippen LogP contribution in [0.15, 0.2) is 54.6 Å². The van der Waals surface area contributed by atoms with E-state index in [0.717, 1.165) is 17.5 Å². The SMILES string of the molecule is CCc1ccc(C(=O)c2ccccc2)cc1. The van der Waals surface area contributed by atoms with E-state index in [1.165, 1.54) is 5.56 Å². The molecule has 2 aromatic carbocycles. The summed E-state index contributed by atoms with van der Waals surface area (Å²) in [6, 6.07) is 17.2. The Morgan fingerprint density at radius 3 is 2.00 bits per heavy atom. The van der Waals surface area contributed by atoms with Gasteiger partial charge in [0.25, 0.3) is 0 Å². The molecule has 0 fully saturated rings. The highest BCUT2D eigenvalue weighted by molar-refractivity contribution is 6.08. The van der Waals surface area contributed by atoms with Crippen molar-refractivity contribution < 1.29 is 4.79 Å². The summed E-state index contributed by atoms with van der Waals surface area (Å²) >= 11 is 0. The third-order valence-electron chi connectivity index (χ3n) is 2.66. The van der Waals surface area contributed by atoms with Crippen molar-refractivity contribution in [3.8, 4) is 0 Å². The number of ketones is 1. The molecule has 0 aromatic heterocycles. The van der Waals surface area contributed by atoms with Crippen molar-refractivity contribution in [3.05, 3.63) is 71.3 Å². The Balaban J connectivity index is 2.28. The predicted octanol–water partition coefficient (Wildman–Crippen LogP) is 3.48. The Morgan fingerprint density at radius 1 is 0.875 bits per heavy atom. The minimum atomic E-state index is 0.0863. The molecule has 2 aromatic rings. The van der Waals surface area contributed by atoms with Gasteiger partial charge in [0, 0.05) is 11.1 Å². The molecule has 2 rings (SSSR count). The van der Waals surface area contributed by atoms with E-state index in [0.29, 0.717) is 0 Å². The van der Waals surface area contributed by atoms with E-state index in [9.17, 15) is 4.79 Å². The summed E-state index contributed by atoms with van der Waals surface area (Å²) in [4.78, 5) is 12.0. The Bertz CT molecular complexity index is 469. The maximum Gasteiger partial charge on any atom is 0.193 e. The number of rotatable bonds is 3. The van der Waals surface area contributed by atoms with Crippen LogP contribution in [0, 0.1) is 0 Å². The first-order valence-electron chi connectivity index (χ1n) is 5.50. The molecule has 0 amide bonds. The molecule has 0 spiro atoms. The summed E-state index contributed by atoms with van der Waals surface area (Å²) in [5, 5.41) is 0. The van der Waals surface area contributed by atoms with E-state index in [1.807, 2.05) is 54.6 Å². The fraction of sp³-hybridized carbons (Fsp3) is 0.133. The van der Waals surface area contributed by atoms with Crippen LogP contribution in [0.5, 0.6) is 0 Å². The monoisotopic (exact) mass is 210 g/mol. The maximum absolute atomic E-state index is 12.0. The second-order valence-electron chi connectivity index (χ2n) is 3.75. The molecule has 1 heteroatoms. The fourth-order valence-electron chi connectivity index (χ4n) is 1.65. The number of carbonyl (C=O) groups excluding carboxylic acids is 1. The molecule has 0 atom stereocenters. The summed E-state index contributed by atoms with van der Waals surface area (Å²) in [5.74, 6) is 0.0863. The standard InChI is InChI=1S/C15H14O/c1-2-12-8-10-14(11-9-12)15(16)13-6-4-3-5-7-13/h3-11H,2H2,1H3. The maximum atomic E-state index is 12.0. The molecule has 0 bridgehead atoms. The number of carbonyl (C=O) groups is 1. The molecule has 0 aliphatic heterocycles. The average molecular weight is 210 g/mol. The van der Waals surface area contributed by atoms with Gasteiger partial charge in [-0.15, -0.1) is 0 Å². The Morgan fingerprint density at radius 2 is 1.44 bits per heavy atom. The molecule has 0 saturated heterocycles. The summed E-state index contributed by atoms with van der Waals surface area (Å²) < 4.78 is 0. The minimum absolute atomic E-state index is 0.0863. The van der Waals surface area contributed by atoms with Crippen molar-refractivity contribution in [2.75, 3.05) is 0 Å². The Hall–Kier alpha value is -1.89. The lowest BCUT2D eigenvalue weighted by Crippen LogP contribution is -2.00. The first kappa shape index (κ1) is 10.6. The molecule has 0 aliphatic rings. The first-order chi connectivity index (χ1) is 7.81. The smallest absolute Gasteiger partial charge is 0.193 e. The highest BCUT2D eigenvalue weighted by Gasteiger charge is 2.07. The van der Waals surface area contributed by atoms with Gasteiger partial charge in [0.15, 0.2) is 5.78 Å². The average Bonchev–Trinajstić information content (AvgIpc) is 2.39. The van der Waals surface area contributed by atoms with Crippen molar-refractivity contribution in [2.45, 2.75) is 13.3 Å². The second-order valence-corrected chi connectivity index (χ2v) is 3.75. The molecule has 0 heterocycles. The van der Waals surface area contributed by atoms with E-state index < -0.39 is 0 Å². The van der Waals surface area contributed by atoms with Gasteiger partial charge in [0.1, 0.15) is 0 Å².